The van der Waals surface area contributed by atoms with Gasteiger partial charge in [0.15, 0.2) is 0 Å². The lowest BCUT2D eigenvalue weighted by molar-refractivity contribution is 0.0714. The van der Waals surface area contributed by atoms with E-state index in [0.29, 0.717) is 23.9 Å². The van der Waals surface area contributed by atoms with Crippen molar-refractivity contribution in [2.24, 2.45) is 11.8 Å². The Hall–Kier alpha value is -2.41. The third-order valence-electron chi connectivity index (χ3n) is 5.93. The number of hydrogen-bond donors (Lipinski definition) is 1. The fourth-order valence-corrected chi connectivity index (χ4v) is 4.60. The number of benzene rings is 2. The molecule has 1 aromatic heterocycles. The Kier molecular flexibility index (Phi) is 6.81. The van der Waals surface area contributed by atoms with Gasteiger partial charge in [0.1, 0.15) is 5.82 Å². The van der Waals surface area contributed by atoms with E-state index in [1.54, 1.807) is 24.7 Å². The van der Waals surface area contributed by atoms with Crippen LogP contribution in [-0.4, -0.2) is 40.0 Å². The third kappa shape index (κ3) is 3.95. The molecule has 0 saturated carbocycles. The van der Waals surface area contributed by atoms with E-state index in [1.807, 2.05) is 46.0 Å². The highest BCUT2D eigenvalue weighted by atomic mass is 35.5. The van der Waals surface area contributed by atoms with Gasteiger partial charge in [-0.05, 0) is 47.9 Å². The van der Waals surface area contributed by atoms with Gasteiger partial charge in [-0.2, -0.15) is 0 Å². The second kappa shape index (κ2) is 9.16. The topological polar surface area (TPSA) is 50.2 Å². The van der Waals surface area contributed by atoms with Crippen LogP contribution in [0.3, 0.4) is 0 Å². The van der Waals surface area contributed by atoms with Gasteiger partial charge in [-0.15, -0.1) is 24.8 Å². The molecule has 0 unspecified atom stereocenters. The molecule has 3 atom stereocenters. The second-order valence-electron chi connectivity index (χ2n) is 7.56. The number of aromatic nitrogens is 2. The highest BCUT2D eigenvalue weighted by molar-refractivity contribution is 5.95. The number of carbonyl (C=O) groups is 1. The van der Waals surface area contributed by atoms with Gasteiger partial charge >= 0.3 is 0 Å². The normalized spacial score (nSPS) is 22.2. The number of nitrogens with one attached hydrogen (secondary N) is 1. The van der Waals surface area contributed by atoms with Gasteiger partial charge in [0.05, 0.1) is 12.4 Å². The maximum Gasteiger partial charge on any atom is 0.254 e. The zero-order chi connectivity index (χ0) is 19.1. The molecule has 1 amide bonds. The molecule has 0 spiro atoms. The lowest BCUT2D eigenvalue weighted by atomic mass is 9.89. The van der Waals surface area contributed by atoms with Crippen molar-refractivity contribution < 1.29 is 9.18 Å². The number of imidazole rings is 1. The summed E-state index contributed by atoms with van der Waals surface area (Å²) in [5, 5.41) is 3.42. The van der Waals surface area contributed by atoms with Crippen LogP contribution in [-0.2, 0) is 0 Å². The smallest absolute Gasteiger partial charge is 0.254 e. The fourth-order valence-electron chi connectivity index (χ4n) is 4.60. The van der Waals surface area contributed by atoms with Crippen molar-refractivity contribution >= 4 is 30.7 Å². The summed E-state index contributed by atoms with van der Waals surface area (Å²) in [6.07, 6.45) is 5.32. The summed E-state index contributed by atoms with van der Waals surface area (Å²) in [5.74, 6) is 0.461. The molecule has 0 bridgehead atoms. The van der Waals surface area contributed by atoms with Crippen LogP contribution in [0.4, 0.5) is 4.39 Å². The summed E-state index contributed by atoms with van der Waals surface area (Å²) in [5.41, 5.74) is 2.48. The number of halogens is 3. The standard InChI is InChI=1S/C22H21FN4O.2ClH/c23-18-3-1-2-16(10-18)21-20-12-25-11-17(20)13-27(21)22(28)15-4-6-19(7-5-15)26-9-8-24-14-26;;/h1-10,14,17,20-21,25H,11-13H2;2*1H/t17-,20-,21-;;/m0../s1. The summed E-state index contributed by atoms with van der Waals surface area (Å²) >= 11 is 0. The number of amides is 1. The number of fused-ring (bicyclic) bond motifs is 1. The summed E-state index contributed by atoms with van der Waals surface area (Å²) < 4.78 is 15.8. The molecule has 2 fully saturated rings. The molecule has 0 radical (unpaired) electrons. The second-order valence-corrected chi connectivity index (χ2v) is 7.56. The molecule has 30 heavy (non-hydrogen) atoms. The van der Waals surface area contributed by atoms with E-state index in [-0.39, 0.29) is 42.6 Å². The van der Waals surface area contributed by atoms with Crippen molar-refractivity contribution in [1.82, 2.24) is 19.8 Å². The van der Waals surface area contributed by atoms with Crippen molar-refractivity contribution in [3.63, 3.8) is 0 Å². The minimum atomic E-state index is -0.260. The zero-order valence-corrected chi connectivity index (χ0v) is 17.8. The SMILES string of the molecule is Cl.Cl.O=C(c1ccc(-n2ccnc2)cc1)N1C[C@@H]2CNC[C@@H]2[C@@H]1c1cccc(F)c1. The Bertz CT molecular complexity index is 997. The third-order valence-corrected chi connectivity index (χ3v) is 5.93. The van der Waals surface area contributed by atoms with Crippen molar-refractivity contribution in [1.29, 1.82) is 0 Å². The van der Waals surface area contributed by atoms with Crippen LogP contribution in [0.2, 0.25) is 0 Å². The summed E-state index contributed by atoms with van der Waals surface area (Å²) in [7, 11) is 0. The molecular weight excluding hydrogens is 426 g/mol. The van der Waals surface area contributed by atoms with Crippen LogP contribution >= 0.6 is 24.8 Å². The number of nitrogens with zero attached hydrogens (tertiary/aromatic N) is 3. The van der Waals surface area contributed by atoms with Crippen LogP contribution in [0.15, 0.2) is 67.3 Å². The van der Waals surface area contributed by atoms with E-state index < -0.39 is 0 Å². The first-order valence-corrected chi connectivity index (χ1v) is 9.56. The Labute approximate surface area is 187 Å². The van der Waals surface area contributed by atoms with E-state index in [0.717, 1.165) is 24.3 Å². The van der Waals surface area contributed by atoms with Gasteiger partial charge in [0.25, 0.3) is 5.91 Å². The van der Waals surface area contributed by atoms with Gasteiger partial charge in [-0.25, -0.2) is 9.37 Å². The molecule has 5 nitrogen and oxygen atoms in total. The molecule has 2 saturated heterocycles. The van der Waals surface area contributed by atoms with Gasteiger partial charge in [0.2, 0.25) is 0 Å². The van der Waals surface area contributed by atoms with Crippen molar-refractivity contribution in [3.05, 3.63) is 84.2 Å². The fraction of sp³-hybridized carbons (Fsp3) is 0.273. The van der Waals surface area contributed by atoms with Crippen LogP contribution in [0, 0.1) is 17.7 Å². The molecule has 2 aromatic carbocycles. The first-order chi connectivity index (χ1) is 13.7. The maximum absolute atomic E-state index is 13.9. The number of carbonyl (C=O) groups excluding carboxylic acids is 1. The van der Waals surface area contributed by atoms with Gasteiger partial charge in [-0.3, -0.25) is 4.79 Å². The van der Waals surface area contributed by atoms with E-state index in [2.05, 4.69) is 10.3 Å². The molecule has 2 aliphatic rings. The van der Waals surface area contributed by atoms with Crippen LogP contribution in [0.25, 0.3) is 5.69 Å². The molecule has 1 N–H and O–H groups in total. The first-order valence-electron chi connectivity index (χ1n) is 9.56. The average molecular weight is 449 g/mol. The van der Waals surface area contributed by atoms with Crippen molar-refractivity contribution in [3.8, 4) is 5.69 Å². The predicted molar refractivity (Wildman–Crippen MR) is 118 cm³/mol. The Morgan fingerprint density at radius 1 is 1.10 bits per heavy atom. The minimum Gasteiger partial charge on any atom is -0.331 e. The van der Waals surface area contributed by atoms with Crippen LogP contribution < -0.4 is 5.32 Å². The van der Waals surface area contributed by atoms with Crippen molar-refractivity contribution in [2.45, 2.75) is 6.04 Å². The molecule has 158 valence electrons. The van der Waals surface area contributed by atoms with E-state index in [4.69, 9.17) is 0 Å². The summed E-state index contributed by atoms with van der Waals surface area (Å²) in [6, 6.07) is 14.1. The molecular formula is C22H23Cl2FN4O. The molecule has 0 aliphatic carbocycles. The van der Waals surface area contributed by atoms with Crippen LogP contribution in [0.5, 0.6) is 0 Å². The lowest BCUT2D eigenvalue weighted by Crippen LogP contribution is -2.34. The lowest BCUT2D eigenvalue weighted by Gasteiger charge is -2.28. The van der Waals surface area contributed by atoms with Crippen LogP contribution in [0.1, 0.15) is 22.0 Å². The van der Waals surface area contributed by atoms with Gasteiger partial charge < -0.3 is 14.8 Å². The predicted octanol–water partition coefficient (Wildman–Crippen LogP) is 3.89. The van der Waals surface area contributed by atoms with E-state index >= 15 is 0 Å². The summed E-state index contributed by atoms with van der Waals surface area (Å²) in [6.45, 7) is 2.45. The van der Waals surface area contributed by atoms with E-state index in [9.17, 15) is 9.18 Å². The highest BCUT2D eigenvalue weighted by Crippen LogP contribution is 2.43. The Morgan fingerprint density at radius 3 is 2.60 bits per heavy atom. The summed E-state index contributed by atoms with van der Waals surface area (Å²) in [4.78, 5) is 19.3. The molecule has 5 rings (SSSR count). The van der Waals surface area contributed by atoms with Gasteiger partial charge in [0, 0.05) is 49.2 Å². The first kappa shape index (κ1) is 22.3. The monoisotopic (exact) mass is 448 g/mol. The Balaban J connectivity index is 0.00000128. The largest absolute Gasteiger partial charge is 0.331 e. The molecule has 3 aromatic rings. The van der Waals surface area contributed by atoms with Crippen molar-refractivity contribution in [2.75, 3.05) is 19.6 Å². The number of hydrogen-bond acceptors (Lipinski definition) is 3. The number of likely N-dealkylation sites (tertiary alicyclic amines) is 1. The molecule has 3 heterocycles. The highest BCUT2D eigenvalue weighted by Gasteiger charge is 2.46. The Morgan fingerprint density at radius 2 is 1.90 bits per heavy atom. The molecule has 8 heteroatoms. The minimum absolute atomic E-state index is 0. The molecule has 2 aliphatic heterocycles. The maximum atomic E-state index is 13.9. The van der Waals surface area contributed by atoms with E-state index in [1.165, 1.54) is 6.07 Å². The zero-order valence-electron chi connectivity index (χ0n) is 16.1. The van der Waals surface area contributed by atoms with Gasteiger partial charge in [-0.1, -0.05) is 12.1 Å². The number of rotatable bonds is 3. The quantitative estimate of drug-likeness (QED) is 0.660. The average Bonchev–Trinajstić information content (AvgIpc) is 3.44.